The molecule has 2 aromatic rings. The van der Waals surface area contributed by atoms with Gasteiger partial charge in [0.1, 0.15) is 12.7 Å². The van der Waals surface area contributed by atoms with Gasteiger partial charge in [0, 0.05) is 13.2 Å². The van der Waals surface area contributed by atoms with Crippen LogP contribution >= 0.6 is 0 Å². The van der Waals surface area contributed by atoms with Gasteiger partial charge in [0.25, 0.3) is 5.95 Å². The largest absolute Gasteiger partial charge is 0.396 e. The number of nitrogens with two attached hydrogens (primary N) is 1. The molecule has 0 aliphatic rings. The van der Waals surface area contributed by atoms with Crippen LogP contribution in [0.2, 0.25) is 0 Å². The minimum atomic E-state index is 0.0944. The number of aliphatic hydroxyl groups excluding tert-OH is 1. The monoisotopic (exact) mass is 236 g/mol. The summed E-state index contributed by atoms with van der Waals surface area (Å²) < 4.78 is 1.38. The summed E-state index contributed by atoms with van der Waals surface area (Å²) in [6.07, 6.45) is 3.44. The van der Waals surface area contributed by atoms with Crippen molar-refractivity contribution in [1.82, 2.24) is 29.7 Å². The number of nitrogens with one attached hydrogen (secondary N) is 1. The van der Waals surface area contributed by atoms with Gasteiger partial charge in [-0.2, -0.15) is 24.7 Å². The molecule has 0 aromatic carbocycles. The summed E-state index contributed by atoms with van der Waals surface area (Å²) in [5.41, 5.74) is 5.56. The second-order valence-corrected chi connectivity index (χ2v) is 3.16. The zero-order valence-electron chi connectivity index (χ0n) is 8.98. The zero-order chi connectivity index (χ0) is 12.1. The molecule has 0 amide bonds. The molecule has 2 heterocycles. The number of aromatic nitrogens is 6. The Morgan fingerprint density at radius 3 is 2.94 bits per heavy atom. The van der Waals surface area contributed by atoms with Gasteiger partial charge in [-0.15, -0.1) is 0 Å². The molecule has 17 heavy (non-hydrogen) atoms. The maximum absolute atomic E-state index is 8.66. The van der Waals surface area contributed by atoms with Crippen LogP contribution in [0.3, 0.4) is 0 Å². The van der Waals surface area contributed by atoms with Crippen LogP contribution in [-0.4, -0.2) is 48.0 Å². The first kappa shape index (κ1) is 11.2. The van der Waals surface area contributed by atoms with E-state index in [1.54, 1.807) is 0 Å². The summed E-state index contributed by atoms with van der Waals surface area (Å²) in [4.78, 5) is 15.8. The number of nitrogens with zero attached hydrogens (tertiary/aromatic N) is 6. The molecule has 0 aliphatic carbocycles. The third-order valence-electron chi connectivity index (χ3n) is 1.88. The number of aliphatic hydroxyl groups is 1. The second kappa shape index (κ2) is 5.16. The molecular formula is C8H12N8O. The van der Waals surface area contributed by atoms with Gasteiger partial charge in [-0.3, -0.25) is 0 Å². The van der Waals surface area contributed by atoms with E-state index in [-0.39, 0.29) is 12.6 Å². The predicted molar refractivity (Wildman–Crippen MR) is 59.3 cm³/mol. The molecule has 0 saturated carbocycles. The van der Waals surface area contributed by atoms with Gasteiger partial charge >= 0.3 is 0 Å². The van der Waals surface area contributed by atoms with E-state index in [1.165, 1.54) is 17.3 Å². The van der Waals surface area contributed by atoms with Crippen LogP contribution in [0.4, 0.5) is 11.9 Å². The summed E-state index contributed by atoms with van der Waals surface area (Å²) in [6, 6.07) is 0. The Morgan fingerprint density at radius 2 is 2.24 bits per heavy atom. The first-order valence-electron chi connectivity index (χ1n) is 5.01. The highest BCUT2D eigenvalue weighted by atomic mass is 16.3. The Kier molecular flexibility index (Phi) is 3.40. The van der Waals surface area contributed by atoms with Crippen LogP contribution in [0.1, 0.15) is 6.42 Å². The molecule has 0 fully saturated rings. The van der Waals surface area contributed by atoms with Crippen LogP contribution in [0.15, 0.2) is 12.7 Å². The predicted octanol–water partition coefficient (Wildman–Crippen LogP) is -1.17. The summed E-state index contributed by atoms with van der Waals surface area (Å²) in [5.74, 6) is 0.731. The van der Waals surface area contributed by atoms with Gasteiger partial charge in [-0.1, -0.05) is 0 Å². The third kappa shape index (κ3) is 2.84. The first-order chi connectivity index (χ1) is 8.29. The number of hydrogen-bond donors (Lipinski definition) is 3. The molecule has 90 valence electrons. The van der Waals surface area contributed by atoms with E-state index in [0.717, 1.165) is 0 Å². The second-order valence-electron chi connectivity index (χ2n) is 3.16. The van der Waals surface area contributed by atoms with Crippen LogP contribution in [-0.2, 0) is 0 Å². The minimum Gasteiger partial charge on any atom is -0.396 e. The number of rotatable bonds is 5. The molecule has 0 unspecified atom stereocenters. The Morgan fingerprint density at radius 1 is 1.35 bits per heavy atom. The molecule has 2 rings (SSSR count). The number of hydrogen-bond acceptors (Lipinski definition) is 8. The SMILES string of the molecule is Nc1nc(NCCCO)nc(-n2cncn2)n1. The highest BCUT2D eigenvalue weighted by Crippen LogP contribution is 2.05. The Labute approximate surface area is 96.8 Å². The Bertz CT molecular complexity index is 470. The molecule has 0 saturated heterocycles. The first-order valence-corrected chi connectivity index (χ1v) is 5.01. The van der Waals surface area contributed by atoms with Crippen molar-refractivity contribution in [2.24, 2.45) is 0 Å². The molecule has 0 spiro atoms. The molecule has 0 bridgehead atoms. The van der Waals surface area contributed by atoms with Gasteiger partial charge in [0.05, 0.1) is 0 Å². The lowest BCUT2D eigenvalue weighted by atomic mass is 10.4. The average molecular weight is 236 g/mol. The van der Waals surface area contributed by atoms with Gasteiger partial charge < -0.3 is 16.2 Å². The quantitative estimate of drug-likeness (QED) is 0.554. The number of nitrogen functional groups attached to an aromatic ring is 1. The van der Waals surface area contributed by atoms with Gasteiger partial charge in [0.2, 0.25) is 11.9 Å². The molecule has 2 aromatic heterocycles. The molecule has 0 radical (unpaired) electrons. The van der Waals surface area contributed by atoms with Crippen molar-refractivity contribution >= 4 is 11.9 Å². The van der Waals surface area contributed by atoms with E-state index in [4.69, 9.17) is 10.8 Å². The topological polar surface area (TPSA) is 128 Å². The van der Waals surface area contributed by atoms with Crippen LogP contribution in [0, 0.1) is 0 Å². The minimum absolute atomic E-state index is 0.0944. The molecule has 4 N–H and O–H groups in total. The average Bonchev–Trinajstić information content (AvgIpc) is 2.82. The lowest BCUT2D eigenvalue weighted by Crippen LogP contribution is -2.12. The van der Waals surface area contributed by atoms with E-state index in [0.29, 0.717) is 24.9 Å². The van der Waals surface area contributed by atoms with Gasteiger partial charge in [-0.05, 0) is 6.42 Å². The maximum atomic E-state index is 8.66. The molecule has 9 nitrogen and oxygen atoms in total. The summed E-state index contributed by atoms with van der Waals surface area (Å²) in [5, 5.41) is 15.5. The van der Waals surface area contributed by atoms with E-state index < -0.39 is 0 Å². The van der Waals surface area contributed by atoms with Crippen molar-refractivity contribution in [3.05, 3.63) is 12.7 Å². The normalized spacial score (nSPS) is 10.4. The van der Waals surface area contributed by atoms with Crippen molar-refractivity contribution < 1.29 is 5.11 Å². The fourth-order valence-corrected chi connectivity index (χ4v) is 1.15. The highest BCUT2D eigenvalue weighted by molar-refractivity contribution is 5.34. The molecule has 0 atom stereocenters. The van der Waals surface area contributed by atoms with Crippen LogP contribution < -0.4 is 11.1 Å². The molecule has 0 aliphatic heterocycles. The Hall–Kier alpha value is -2.29. The molecular weight excluding hydrogens is 224 g/mol. The smallest absolute Gasteiger partial charge is 0.258 e. The third-order valence-corrected chi connectivity index (χ3v) is 1.88. The lowest BCUT2D eigenvalue weighted by molar-refractivity contribution is 0.292. The summed E-state index contributed by atoms with van der Waals surface area (Å²) in [6.45, 7) is 0.653. The summed E-state index contributed by atoms with van der Waals surface area (Å²) >= 11 is 0. The van der Waals surface area contributed by atoms with Crippen molar-refractivity contribution in [1.29, 1.82) is 0 Å². The van der Waals surface area contributed by atoms with Gasteiger partial charge in [-0.25, -0.2) is 4.98 Å². The van der Waals surface area contributed by atoms with E-state index in [9.17, 15) is 0 Å². The van der Waals surface area contributed by atoms with Crippen LogP contribution in [0.25, 0.3) is 5.95 Å². The zero-order valence-corrected chi connectivity index (χ0v) is 8.98. The standard InChI is InChI=1S/C8H12N8O/c9-6-13-7(11-2-1-3-17)15-8(14-6)16-5-10-4-12-16/h4-5,17H,1-3H2,(H3,9,11,13,14,15). The van der Waals surface area contributed by atoms with Crippen molar-refractivity contribution in [3.63, 3.8) is 0 Å². The number of anilines is 2. The van der Waals surface area contributed by atoms with E-state index >= 15 is 0 Å². The van der Waals surface area contributed by atoms with Crippen molar-refractivity contribution in [3.8, 4) is 5.95 Å². The molecule has 9 heteroatoms. The van der Waals surface area contributed by atoms with E-state index in [2.05, 4.69) is 30.4 Å². The fraction of sp³-hybridized carbons (Fsp3) is 0.375. The highest BCUT2D eigenvalue weighted by Gasteiger charge is 2.06. The fourth-order valence-electron chi connectivity index (χ4n) is 1.15. The lowest BCUT2D eigenvalue weighted by Gasteiger charge is -2.05. The van der Waals surface area contributed by atoms with Crippen molar-refractivity contribution in [2.45, 2.75) is 6.42 Å². The maximum Gasteiger partial charge on any atom is 0.258 e. The van der Waals surface area contributed by atoms with Crippen LogP contribution in [0.5, 0.6) is 0 Å². The van der Waals surface area contributed by atoms with Gasteiger partial charge in [0.15, 0.2) is 0 Å². The van der Waals surface area contributed by atoms with E-state index in [1.807, 2.05) is 0 Å². The Balaban J connectivity index is 2.18. The summed E-state index contributed by atoms with van der Waals surface area (Å²) in [7, 11) is 0. The van der Waals surface area contributed by atoms with Crippen molar-refractivity contribution in [2.75, 3.05) is 24.2 Å².